The lowest BCUT2D eigenvalue weighted by molar-refractivity contribution is -0.122. The fraction of sp³-hybridized carbons (Fsp3) is 0.346. The van der Waals surface area contributed by atoms with Crippen molar-refractivity contribution in [3.63, 3.8) is 0 Å². The molecule has 0 aromatic heterocycles. The second-order valence-electron chi connectivity index (χ2n) is 8.94. The number of rotatable bonds is 8. The molecule has 4 rings (SSSR count). The minimum atomic E-state index is -4.17. The third-order valence-electron chi connectivity index (χ3n) is 6.37. The van der Waals surface area contributed by atoms with Crippen molar-refractivity contribution in [2.75, 3.05) is 16.8 Å². The first-order valence-corrected chi connectivity index (χ1v) is 13.3. The van der Waals surface area contributed by atoms with Crippen LogP contribution in [0.3, 0.4) is 0 Å². The van der Waals surface area contributed by atoms with E-state index in [1.165, 1.54) is 43.3 Å². The molecule has 2 aliphatic rings. The molecule has 8 nitrogen and oxygen atoms in total. The summed E-state index contributed by atoms with van der Waals surface area (Å²) in [5, 5.41) is 2.59. The lowest BCUT2D eigenvalue weighted by atomic mass is 9.97. The van der Waals surface area contributed by atoms with Crippen molar-refractivity contribution in [1.29, 1.82) is 0 Å². The van der Waals surface area contributed by atoms with Gasteiger partial charge < -0.3 is 5.32 Å². The van der Waals surface area contributed by atoms with Crippen molar-refractivity contribution >= 4 is 39.1 Å². The first kappa shape index (κ1) is 25.7. The first-order chi connectivity index (χ1) is 17.2. The predicted molar refractivity (Wildman–Crippen MR) is 133 cm³/mol. The number of carbonyl (C=O) groups excluding carboxylic acids is 3. The Balaban J connectivity index is 1.65. The van der Waals surface area contributed by atoms with Crippen LogP contribution < -0.4 is 10.2 Å². The smallest absolute Gasteiger partial charge is 0.252 e. The highest BCUT2D eigenvalue weighted by molar-refractivity contribution is 7.89. The first-order valence-electron chi connectivity index (χ1n) is 11.9. The minimum Gasteiger partial charge on any atom is -0.326 e. The number of halogens is 1. The second-order valence-corrected chi connectivity index (χ2v) is 10.8. The number of sulfonamides is 1. The van der Waals surface area contributed by atoms with E-state index in [4.69, 9.17) is 0 Å². The molecule has 3 amide bonds. The zero-order valence-corrected chi connectivity index (χ0v) is 20.8. The van der Waals surface area contributed by atoms with Crippen LogP contribution in [0.4, 0.5) is 15.8 Å². The van der Waals surface area contributed by atoms with Crippen LogP contribution in [0.15, 0.2) is 65.1 Å². The van der Waals surface area contributed by atoms with E-state index in [1.54, 1.807) is 0 Å². The molecule has 1 heterocycles. The van der Waals surface area contributed by atoms with E-state index in [9.17, 15) is 27.2 Å². The number of imide groups is 1. The zero-order chi connectivity index (χ0) is 25.9. The van der Waals surface area contributed by atoms with Crippen LogP contribution in [-0.2, 0) is 24.4 Å². The van der Waals surface area contributed by atoms with E-state index in [0.29, 0.717) is 12.1 Å². The molecule has 2 aromatic carbocycles. The number of allylic oxidation sites excluding steroid dienone is 1. The summed E-state index contributed by atoms with van der Waals surface area (Å²) in [4.78, 5) is 38.4. The van der Waals surface area contributed by atoms with E-state index in [0.717, 1.165) is 52.6 Å². The maximum Gasteiger partial charge on any atom is 0.252 e. The topological polar surface area (TPSA) is 104 Å². The number of nitrogens with zero attached hydrogens (tertiary/aromatic N) is 2. The van der Waals surface area contributed by atoms with Gasteiger partial charge in [0.1, 0.15) is 11.9 Å². The maximum atomic E-state index is 13.8. The molecule has 0 bridgehead atoms. The fourth-order valence-electron chi connectivity index (χ4n) is 4.58. The summed E-state index contributed by atoms with van der Waals surface area (Å²) in [7, 11) is -4.17. The lowest BCUT2D eigenvalue weighted by Crippen LogP contribution is -2.46. The van der Waals surface area contributed by atoms with Gasteiger partial charge in [0, 0.05) is 19.2 Å². The zero-order valence-electron chi connectivity index (χ0n) is 19.9. The van der Waals surface area contributed by atoms with Crippen molar-refractivity contribution in [2.24, 2.45) is 0 Å². The van der Waals surface area contributed by atoms with Crippen molar-refractivity contribution in [1.82, 2.24) is 4.31 Å². The molecule has 190 valence electrons. The molecule has 1 aliphatic carbocycles. The molecule has 1 atom stereocenters. The highest BCUT2D eigenvalue weighted by Crippen LogP contribution is 2.31. The predicted octanol–water partition coefficient (Wildman–Crippen LogP) is 4.00. The number of nitrogens with one attached hydrogen (secondary N) is 1. The van der Waals surface area contributed by atoms with Gasteiger partial charge in [-0.25, -0.2) is 17.7 Å². The van der Waals surface area contributed by atoms with E-state index < -0.39 is 33.7 Å². The summed E-state index contributed by atoms with van der Waals surface area (Å²) in [5.74, 6) is -2.01. The van der Waals surface area contributed by atoms with Crippen molar-refractivity contribution in [2.45, 2.75) is 56.4 Å². The van der Waals surface area contributed by atoms with Crippen LogP contribution in [0.1, 0.15) is 45.4 Å². The Bertz CT molecular complexity index is 1290. The van der Waals surface area contributed by atoms with Gasteiger partial charge in [-0.3, -0.25) is 14.4 Å². The molecule has 1 N–H and O–H groups in total. The van der Waals surface area contributed by atoms with E-state index in [1.807, 2.05) is 0 Å². The number of hydrogen-bond acceptors (Lipinski definition) is 5. The molecule has 1 fully saturated rings. The number of benzene rings is 2. The standard InChI is InChI=1S/C26H28FN3O5S/c1-18(31)28-21-9-13-23(14-10-21)36(34,35)29(16-15-19-5-3-2-4-6-19)24-17-25(32)30(26(24)33)22-11-7-20(27)8-12-22/h5,7-14,24H,2-4,6,15-17H2,1H3,(H,28,31). The normalized spacial score (nSPS) is 18.5. The molecular weight excluding hydrogens is 485 g/mol. The van der Waals surface area contributed by atoms with Crippen LogP contribution in [0.25, 0.3) is 0 Å². The van der Waals surface area contributed by atoms with Crippen LogP contribution in [-0.4, -0.2) is 43.0 Å². The van der Waals surface area contributed by atoms with Crippen LogP contribution in [0.2, 0.25) is 0 Å². The van der Waals surface area contributed by atoms with Crippen molar-refractivity contribution < 1.29 is 27.2 Å². The molecule has 1 aliphatic heterocycles. The molecule has 2 aromatic rings. The fourth-order valence-corrected chi connectivity index (χ4v) is 6.16. The molecule has 10 heteroatoms. The summed E-state index contributed by atoms with van der Waals surface area (Å²) in [6, 6.07) is 9.39. The third kappa shape index (κ3) is 5.55. The van der Waals surface area contributed by atoms with E-state index in [2.05, 4.69) is 11.4 Å². The number of carbonyl (C=O) groups is 3. The van der Waals surface area contributed by atoms with Crippen molar-refractivity contribution in [3.8, 4) is 0 Å². The van der Waals surface area contributed by atoms with Gasteiger partial charge in [0.2, 0.25) is 21.8 Å². The van der Waals surface area contributed by atoms with Gasteiger partial charge in [0.25, 0.3) is 5.91 Å². The third-order valence-corrected chi connectivity index (χ3v) is 8.30. The van der Waals surface area contributed by atoms with Gasteiger partial charge in [-0.1, -0.05) is 11.6 Å². The van der Waals surface area contributed by atoms with E-state index in [-0.39, 0.29) is 29.5 Å². The number of anilines is 2. The molecule has 1 unspecified atom stereocenters. The summed E-state index contributed by atoms with van der Waals surface area (Å²) < 4.78 is 42.0. The Morgan fingerprint density at radius 2 is 1.78 bits per heavy atom. The lowest BCUT2D eigenvalue weighted by Gasteiger charge is -2.28. The summed E-state index contributed by atoms with van der Waals surface area (Å²) in [6.07, 6.45) is 6.19. The minimum absolute atomic E-state index is 0.0442. The molecule has 0 saturated carbocycles. The molecule has 36 heavy (non-hydrogen) atoms. The Morgan fingerprint density at radius 3 is 2.39 bits per heavy atom. The van der Waals surface area contributed by atoms with Crippen LogP contribution in [0, 0.1) is 5.82 Å². The van der Waals surface area contributed by atoms with Gasteiger partial charge in [0.15, 0.2) is 0 Å². The molecule has 0 radical (unpaired) electrons. The average Bonchev–Trinajstić information content (AvgIpc) is 3.14. The van der Waals surface area contributed by atoms with E-state index >= 15 is 0 Å². The second kappa shape index (κ2) is 10.7. The summed E-state index contributed by atoms with van der Waals surface area (Å²) in [5.41, 5.74) is 1.77. The maximum absolute atomic E-state index is 13.8. The van der Waals surface area contributed by atoms with Gasteiger partial charge in [-0.15, -0.1) is 0 Å². The summed E-state index contributed by atoms with van der Waals surface area (Å²) in [6.45, 7) is 1.39. The SMILES string of the molecule is CC(=O)Nc1ccc(S(=O)(=O)N(CCC2=CCCCC2)C2CC(=O)N(c3ccc(F)cc3)C2=O)cc1. The van der Waals surface area contributed by atoms with Crippen LogP contribution in [0.5, 0.6) is 0 Å². The molecule has 1 saturated heterocycles. The van der Waals surface area contributed by atoms with Crippen LogP contribution >= 0.6 is 0 Å². The molecule has 0 spiro atoms. The van der Waals surface area contributed by atoms with Gasteiger partial charge >= 0.3 is 0 Å². The average molecular weight is 514 g/mol. The monoisotopic (exact) mass is 513 g/mol. The number of hydrogen-bond donors (Lipinski definition) is 1. The van der Waals surface area contributed by atoms with Gasteiger partial charge in [0.05, 0.1) is 17.0 Å². The Labute approximate surface area is 209 Å². The highest BCUT2D eigenvalue weighted by atomic mass is 32.2. The Hall–Kier alpha value is -3.37. The largest absolute Gasteiger partial charge is 0.326 e. The molecular formula is C26H28FN3O5S. The highest BCUT2D eigenvalue weighted by Gasteiger charge is 2.46. The Morgan fingerprint density at radius 1 is 1.08 bits per heavy atom. The van der Waals surface area contributed by atoms with Crippen molar-refractivity contribution in [3.05, 3.63) is 66.0 Å². The Kier molecular flexibility index (Phi) is 7.65. The van der Waals surface area contributed by atoms with Gasteiger partial charge in [-0.05, 0) is 80.6 Å². The quantitative estimate of drug-likeness (QED) is 0.425. The summed E-state index contributed by atoms with van der Waals surface area (Å²) >= 11 is 0. The van der Waals surface area contributed by atoms with Gasteiger partial charge in [-0.2, -0.15) is 4.31 Å². The number of amides is 3.